The lowest BCUT2D eigenvalue weighted by Gasteiger charge is -2.31. The Kier molecular flexibility index (Phi) is 6.29. The number of aryl methyl sites for hydroxylation is 1. The SMILES string of the molecule is Cc1ccc([C@@H]2Cn3nnc(C(=O)N4CCC(C(=O)Nc5cc(F)cc(F)c5)CC4)c3CO2)cc1. The molecule has 1 N–H and O–H groups in total. The minimum atomic E-state index is -0.758. The number of fused-ring (bicyclic) bond motifs is 1. The number of halogens is 2. The van der Waals surface area contributed by atoms with Gasteiger partial charge < -0.3 is 15.0 Å². The molecule has 0 saturated carbocycles. The first-order valence-electron chi connectivity index (χ1n) is 11.5. The van der Waals surface area contributed by atoms with Crippen molar-refractivity contribution in [3.63, 3.8) is 0 Å². The highest BCUT2D eigenvalue weighted by molar-refractivity contribution is 5.94. The molecular formula is C25H25F2N5O3. The van der Waals surface area contributed by atoms with E-state index in [9.17, 15) is 18.4 Å². The number of amides is 2. The number of likely N-dealkylation sites (tertiary alicyclic amines) is 1. The number of nitrogens with zero attached hydrogens (tertiary/aromatic N) is 4. The maximum Gasteiger partial charge on any atom is 0.276 e. The summed E-state index contributed by atoms with van der Waals surface area (Å²) in [6.07, 6.45) is 0.712. The third-order valence-electron chi connectivity index (χ3n) is 6.53. The van der Waals surface area contributed by atoms with E-state index >= 15 is 0 Å². The van der Waals surface area contributed by atoms with Crippen molar-refractivity contribution >= 4 is 17.5 Å². The fourth-order valence-electron chi connectivity index (χ4n) is 4.53. The number of nitrogens with one attached hydrogen (secondary N) is 1. The van der Waals surface area contributed by atoms with E-state index in [1.165, 1.54) is 5.56 Å². The second-order valence-electron chi connectivity index (χ2n) is 8.99. The van der Waals surface area contributed by atoms with Crippen LogP contribution >= 0.6 is 0 Å². The first kappa shape index (κ1) is 23.1. The zero-order valence-electron chi connectivity index (χ0n) is 19.2. The van der Waals surface area contributed by atoms with E-state index in [1.54, 1.807) is 9.58 Å². The number of anilines is 1. The van der Waals surface area contributed by atoms with E-state index in [1.807, 2.05) is 31.2 Å². The second-order valence-corrected chi connectivity index (χ2v) is 8.99. The molecule has 2 amide bonds. The molecule has 0 radical (unpaired) electrons. The zero-order chi connectivity index (χ0) is 24.5. The predicted molar refractivity (Wildman–Crippen MR) is 122 cm³/mol. The molecule has 8 nitrogen and oxygen atoms in total. The van der Waals surface area contributed by atoms with Crippen molar-refractivity contribution in [2.24, 2.45) is 5.92 Å². The predicted octanol–water partition coefficient (Wildman–Crippen LogP) is 3.63. The van der Waals surface area contributed by atoms with Gasteiger partial charge in [-0.3, -0.25) is 9.59 Å². The Hall–Kier alpha value is -3.66. The molecule has 0 bridgehead atoms. The summed E-state index contributed by atoms with van der Waals surface area (Å²) >= 11 is 0. The van der Waals surface area contributed by atoms with Crippen LogP contribution in [0.2, 0.25) is 0 Å². The summed E-state index contributed by atoms with van der Waals surface area (Å²) in [5, 5.41) is 10.9. The number of ether oxygens (including phenoxy) is 1. The monoisotopic (exact) mass is 481 g/mol. The highest BCUT2D eigenvalue weighted by atomic mass is 19.1. The van der Waals surface area contributed by atoms with Crippen LogP contribution in [0.3, 0.4) is 0 Å². The van der Waals surface area contributed by atoms with Crippen LogP contribution in [0, 0.1) is 24.5 Å². The molecule has 3 aromatic rings. The Morgan fingerprint density at radius 2 is 1.74 bits per heavy atom. The van der Waals surface area contributed by atoms with E-state index in [4.69, 9.17) is 4.74 Å². The van der Waals surface area contributed by atoms with Crippen molar-refractivity contribution in [2.45, 2.75) is 39.0 Å². The highest BCUT2D eigenvalue weighted by Gasteiger charge is 2.33. The van der Waals surface area contributed by atoms with E-state index in [0.29, 0.717) is 38.2 Å². The number of carbonyl (C=O) groups is 2. The molecule has 35 heavy (non-hydrogen) atoms. The molecular weight excluding hydrogens is 456 g/mol. The molecule has 1 atom stereocenters. The number of carbonyl (C=O) groups excluding carboxylic acids is 2. The smallest absolute Gasteiger partial charge is 0.276 e. The first-order valence-corrected chi connectivity index (χ1v) is 11.5. The third kappa shape index (κ3) is 4.93. The molecule has 0 unspecified atom stereocenters. The van der Waals surface area contributed by atoms with Gasteiger partial charge in [0.2, 0.25) is 5.91 Å². The van der Waals surface area contributed by atoms with Gasteiger partial charge in [0.25, 0.3) is 5.91 Å². The lowest BCUT2D eigenvalue weighted by molar-refractivity contribution is -0.121. The lowest BCUT2D eigenvalue weighted by atomic mass is 9.95. The molecule has 1 fully saturated rings. The van der Waals surface area contributed by atoms with Crippen LogP contribution in [0.5, 0.6) is 0 Å². The van der Waals surface area contributed by atoms with Crippen LogP contribution in [0.1, 0.15) is 46.3 Å². The van der Waals surface area contributed by atoms with E-state index in [2.05, 4.69) is 15.6 Å². The van der Waals surface area contributed by atoms with Gasteiger partial charge in [0, 0.05) is 30.8 Å². The summed E-state index contributed by atoms with van der Waals surface area (Å²) in [5.41, 5.74) is 3.21. The third-order valence-corrected chi connectivity index (χ3v) is 6.53. The van der Waals surface area contributed by atoms with E-state index < -0.39 is 11.6 Å². The quantitative estimate of drug-likeness (QED) is 0.615. The van der Waals surface area contributed by atoms with Crippen molar-refractivity contribution in [2.75, 3.05) is 18.4 Å². The number of hydrogen-bond acceptors (Lipinski definition) is 5. The molecule has 2 aliphatic rings. The van der Waals surface area contributed by atoms with Gasteiger partial charge in [-0.15, -0.1) is 5.10 Å². The average molecular weight is 482 g/mol. The summed E-state index contributed by atoms with van der Waals surface area (Å²) in [6, 6.07) is 11.0. The Balaban J connectivity index is 1.19. The van der Waals surface area contributed by atoms with Crippen molar-refractivity contribution in [3.8, 4) is 0 Å². The van der Waals surface area contributed by atoms with Gasteiger partial charge in [-0.1, -0.05) is 35.0 Å². The van der Waals surface area contributed by atoms with Gasteiger partial charge in [-0.25, -0.2) is 13.5 Å². The molecule has 2 aliphatic heterocycles. The van der Waals surface area contributed by atoms with Crippen LogP contribution in [-0.2, 0) is 22.7 Å². The lowest BCUT2D eigenvalue weighted by Crippen LogP contribution is -2.42. The molecule has 10 heteroatoms. The Morgan fingerprint density at radius 3 is 2.43 bits per heavy atom. The van der Waals surface area contributed by atoms with Crippen LogP contribution in [0.15, 0.2) is 42.5 Å². The van der Waals surface area contributed by atoms with Crippen LogP contribution in [0.25, 0.3) is 0 Å². The summed E-state index contributed by atoms with van der Waals surface area (Å²) in [4.78, 5) is 27.3. The van der Waals surface area contributed by atoms with Crippen molar-refractivity contribution in [3.05, 3.63) is 76.6 Å². The van der Waals surface area contributed by atoms with Gasteiger partial charge in [0.15, 0.2) is 5.69 Å². The van der Waals surface area contributed by atoms with Gasteiger partial charge in [0.05, 0.1) is 18.8 Å². The molecule has 0 spiro atoms. The normalized spacial score (nSPS) is 18.3. The van der Waals surface area contributed by atoms with Gasteiger partial charge in [-0.05, 0) is 37.5 Å². The van der Waals surface area contributed by atoms with Crippen LogP contribution in [-0.4, -0.2) is 44.8 Å². The molecule has 2 aromatic carbocycles. The minimum absolute atomic E-state index is 0.0747. The Bertz CT molecular complexity index is 1230. The van der Waals surface area contributed by atoms with E-state index in [-0.39, 0.29) is 41.8 Å². The molecule has 0 aliphatic carbocycles. The molecule has 1 saturated heterocycles. The number of benzene rings is 2. The standard InChI is InChI=1S/C25H25F2N5O3/c1-15-2-4-16(5-3-15)22-13-32-21(14-35-22)23(29-30-32)25(34)31-8-6-17(7-9-31)24(33)28-20-11-18(26)10-19(27)12-20/h2-5,10-12,17,22H,6-9,13-14H2,1H3,(H,28,33)/t22-/m0/s1. The van der Waals surface area contributed by atoms with Gasteiger partial charge in [-0.2, -0.15) is 0 Å². The molecule has 1 aromatic heterocycles. The summed E-state index contributed by atoms with van der Waals surface area (Å²) in [6.45, 7) is 3.47. The topological polar surface area (TPSA) is 89.4 Å². The fraction of sp³-hybridized carbons (Fsp3) is 0.360. The Labute approximate surface area is 200 Å². The molecule has 5 rings (SSSR count). The maximum absolute atomic E-state index is 13.4. The highest BCUT2D eigenvalue weighted by Crippen LogP contribution is 2.28. The molecule has 3 heterocycles. The fourth-order valence-corrected chi connectivity index (χ4v) is 4.53. The molecule has 182 valence electrons. The number of piperidine rings is 1. The minimum Gasteiger partial charge on any atom is -0.365 e. The van der Waals surface area contributed by atoms with E-state index in [0.717, 1.165) is 23.8 Å². The Morgan fingerprint density at radius 1 is 1.06 bits per heavy atom. The number of rotatable bonds is 4. The number of aromatic nitrogens is 3. The van der Waals surface area contributed by atoms with Crippen molar-refractivity contribution in [1.82, 2.24) is 19.9 Å². The van der Waals surface area contributed by atoms with Crippen molar-refractivity contribution in [1.29, 1.82) is 0 Å². The zero-order valence-corrected chi connectivity index (χ0v) is 19.2. The largest absolute Gasteiger partial charge is 0.365 e. The van der Waals surface area contributed by atoms with Gasteiger partial charge in [0.1, 0.15) is 17.7 Å². The van der Waals surface area contributed by atoms with Crippen LogP contribution in [0.4, 0.5) is 14.5 Å². The summed E-state index contributed by atoms with van der Waals surface area (Å²) in [5.74, 6) is -2.44. The number of hydrogen-bond donors (Lipinski definition) is 1. The van der Waals surface area contributed by atoms with Crippen molar-refractivity contribution < 1.29 is 23.1 Å². The second kappa shape index (κ2) is 9.53. The van der Waals surface area contributed by atoms with Gasteiger partial charge >= 0.3 is 0 Å². The summed E-state index contributed by atoms with van der Waals surface area (Å²) in [7, 11) is 0. The summed E-state index contributed by atoms with van der Waals surface area (Å²) < 4.78 is 34.5. The first-order chi connectivity index (χ1) is 16.9. The van der Waals surface area contributed by atoms with Crippen LogP contribution < -0.4 is 5.32 Å². The maximum atomic E-state index is 13.4. The average Bonchev–Trinajstić information content (AvgIpc) is 3.27.